The largest absolute Gasteiger partial charge is 0.481 e. The van der Waals surface area contributed by atoms with E-state index in [2.05, 4.69) is 10.6 Å². The fourth-order valence-electron chi connectivity index (χ4n) is 1.93. The molecule has 2 rings (SSSR count). The molecule has 1 unspecified atom stereocenters. The van der Waals surface area contributed by atoms with Gasteiger partial charge in [-0.3, -0.25) is 14.4 Å². The maximum atomic E-state index is 12.1. The molecule has 7 heteroatoms. The third-order valence-electron chi connectivity index (χ3n) is 3.17. The first-order chi connectivity index (χ1) is 9.93. The lowest BCUT2D eigenvalue weighted by atomic mass is 10.0. The van der Waals surface area contributed by atoms with Crippen molar-refractivity contribution in [2.75, 3.05) is 11.9 Å². The Balaban J connectivity index is 2.02. The van der Waals surface area contributed by atoms with Gasteiger partial charge in [0.15, 0.2) is 0 Å². The highest BCUT2D eigenvalue weighted by Gasteiger charge is 2.46. The van der Waals surface area contributed by atoms with Gasteiger partial charge in [-0.15, -0.1) is 0 Å². The Morgan fingerprint density at radius 2 is 2.10 bits per heavy atom. The normalized spacial score (nSPS) is 20.0. The molecule has 1 aromatic rings. The number of amides is 2. The number of carboxylic acids is 1. The van der Waals surface area contributed by atoms with Gasteiger partial charge in [0.25, 0.3) is 17.4 Å². The molecule has 0 radical (unpaired) electrons. The average molecular weight is 292 g/mol. The molecule has 0 bridgehead atoms. The van der Waals surface area contributed by atoms with Crippen LogP contribution in [0.2, 0.25) is 0 Å². The first-order valence-corrected chi connectivity index (χ1v) is 6.53. The summed E-state index contributed by atoms with van der Waals surface area (Å²) in [5.41, 5.74) is -1.16. The lowest BCUT2D eigenvalue weighted by molar-refractivity contribution is -0.147. The van der Waals surface area contributed by atoms with Crippen molar-refractivity contribution in [3.05, 3.63) is 24.3 Å². The van der Waals surface area contributed by atoms with Crippen molar-refractivity contribution in [1.82, 2.24) is 5.32 Å². The Hall–Kier alpha value is -2.57. The molecule has 7 nitrogen and oxygen atoms in total. The molecule has 1 aromatic carbocycles. The molecule has 0 saturated heterocycles. The predicted molar refractivity (Wildman–Crippen MR) is 74.0 cm³/mol. The van der Waals surface area contributed by atoms with Crippen LogP contribution in [-0.2, 0) is 14.4 Å². The summed E-state index contributed by atoms with van der Waals surface area (Å²) in [6, 6.07) is 6.82. The fraction of sp³-hybridized carbons (Fsp3) is 0.357. The van der Waals surface area contributed by atoms with Crippen LogP contribution in [-0.4, -0.2) is 35.0 Å². The Labute approximate surface area is 121 Å². The highest BCUT2D eigenvalue weighted by atomic mass is 16.5. The van der Waals surface area contributed by atoms with E-state index >= 15 is 0 Å². The number of hydrogen-bond acceptors (Lipinski definition) is 4. The monoisotopic (exact) mass is 292 g/mol. The molecule has 1 atom stereocenters. The highest BCUT2D eigenvalue weighted by Crippen LogP contribution is 2.33. The van der Waals surface area contributed by atoms with Crippen LogP contribution in [0, 0.1) is 0 Å². The molecule has 2 amide bonds. The molecule has 112 valence electrons. The number of carboxylic acid groups (broad SMARTS) is 1. The van der Waals surface area contributed by atoms with Crippen LogP contribution in [0.4, 0.5) is 5.69 Å². The van der Waals surface area contributed by atoms with E-state index in [0.29, 0.717) is 11.4 Å². The van der Waals surface area contributed by atoms with Crippen LogP contribution in [0.15, 0.2) is 24.3 Å². The Kier molecular flexibility index (Phi) is 4.11. The van der Waals surface area contributed by atoms with Crippen molar-refractivity contribution >= 4 is 23.5 Å². The van der Waals surface area contributed by atoms with Gasteiger partial charge < -0.3 is 20.5 Å². The summed E-state index contributed by atoms with van der Waals surface area (Å²) in [5.74, 6) is -1.67. The molecule has 0 aromatic heterocycles. The van der Waals surface area contributed by atoms with E-state index in [1.165, 1.54) is 6.92 Å². The molecule has 0 aliphatic carbocycles. The van der Waals surface area contributed by atoms with E-state index in [9.17, 15) is 14.4 Å². The molecular weight excluding hydrogens is 276 g/mol. The van der Waals surface area contributed by atoms with Crippen molar-refractivity contribution in [1.29, 1.82) is 0 Å². The number of hydrogen-bond donors (Lipinski definition) is 3. The van der Waals surface area contributed by atoms with E-state index in [1.54, 1.807) is 24.3 Å². The van der Waals surface area contributed by atoms with Gasteiger partial charge in [0, 0.05) is 13.0 Å². The number of aliphatic carboxylic acids is 1. The molecule has 1 aliphatic heterocycles. The van der Waals surface area contributed by atoms with Crippen molar-refractivity contribution in [2.45, 2.75) is 25.4 Å². The van der Waals surface area contributed by atoms with Crippen LogP contribution in [0.5, 0.6) is 5.75 Å². The first-order valence-electron chi connectivity index (χ1n) is 6.53. The van der Waals surface area contributed by atoms with Gasteiger partial charge in [-0.2, -0.15) is 0 Å². The second-order valence-corrected chi connectivity index (χ2v) is 4.84. The number of ether oxygens (including phenoxy) is 1. The maximum Gasteiger partial charge on any atom is 0.303 e. The Morgan fingerprint density at radius 1 is 1.38 bits per heavy atom. The molecule has 3 N–H and O–H groups in total. The number of fused-ring (bicyclic) bond motifs is 1. The quantitative estimate of drug-likeness (QED) is 0.549. The summed E-state index contributed by atoms with van der Waals surface area (Å²) in [4.78, 5) is 34.6. The zero-order valence-corrected chi connectivity index (χ0v) is 11.5. The van der Waals surface area contributed by atoms with Crippen molar-refractivity contribution in [2.24, 2.45) is 0 Å². The number of anilines is 1. The minimum atomic E-state index is -1.67. The Bertz CT molecular complexity index is 586. The average Bonchev–Trinajstić information content (AvgIpc) is 2.44. The minimum Gasteiger partial charge on any atom is -0.481 e. The summed E-state index contributed by atoms with van der Waals surface area (Å²) >= 11 is 0. The fourth-order valence-corrected chi connectivity index (χ4v) is 1.93. The van der Waals surface area contributed by atoms with E-state index < -0.39 is 23.4 Å². The van der Waals surface area contributed by atoms with Gasteiger partial charge in [0.05, 0.1) is 5.69 Å². The van der Waals surface area contributed by atoms with E-state index in [0.717, 1.165) is 0 Å². The van der Waals surface area contributed by atoms with Crippen molar-refractivity contribution in [3.63, 3.8) is 0 Å². The number of rotatable bonds is 5. The molecule has 1 heterocycles. The zero-order chi connectivity index (χ0) is 15.5. The first kappa shape index (κ1) is 14.8. The van der Waals surface area contributed by atoms with Crippen molar-refractivity contribution < 1.29 is 24.2 Å². The maximum absolute atomic E-state index is 12.1. The summed E-state index contributed by atoms with van der Waals surface area (Å²) in [7, 11) is 0. The molecule has 1 aliphatic rings. The van der Waals surface area contributed by atoms with Crippen LogP contribution < -0.4 is 15.4 Å². The molecular formula is C14H16N2O5. The van der Waals surface area contributed by atoms with E-state index in [1.807, 2.05) is 0 Å². The number of carbonyl (C=O) groups excluding carboxylic acids is 2. The molecule has 21 heavy (non-hydrogen) atoms. The summed E-state index contributed by atoms with van der Waals surface area (Å²) in [6.45, 7) is 1.55. The second-order valence-electron chi connectivity index (χ2n) is 4.84. The van der Waals surface area contributed by atoms with Gasteiger partial charge >= 0.3 is 5.97 Å². The standard InChI is InChI=1S/C14H16N2O5/c1-14(12(19)15-8-4-7-11(17)18)13(20)16-9-5-2-3-6-10(9)21-14/h2-3,5-6H,4,7-8H2,1H3,(H,15,19)(H,16,20)(H,17,18). The topological polar surface area (TPSA) is 105 Å². The van der Waals surface area contributed by atoms with Crippen LogP contribution in [0.1, 0.15) is 19.8 Å². The molecule has 0 spiro atoms. The van der Waals surface area contributed by atoms with Gasteiger partial charge in [0.1, 0.15) is 5.75 Å². The number of benzene rings is 1. The van der Waals surface area contributed by atoms with Gasteiger partial charge in [-0.25, -0.2) is 0 Å². The number of carbonyl (C=O) groups is 3. The summed E-state index contributed by atoms with van der Waals surface area (Å²) in [5, 5.41) is 13.7. The van der Waals surface area contributed by atoms with Crippen LogP contribution in [0.3, 0.4) is 0 Å². The van der Waals surface area contributed by atoms with Crippen LogP contribution in [0.25, 0.3) is 0 Å². The highest BCUT2D eigenvalue weighted by molar-refractivity contribution is 6.15. The summed E-state index contributed by atoms with van der Waals surface area (Å²) in [6.07, 6.45) is 0.238. The van der Waals surface area contributed by atoms with Gasteiger partial charge in [0.2, 0.25) is 0 Å². The number of para-hydroxylation sites is 2. The van der Waals surface area contributed by atoms with Crippen LogP contribution >= 0.6 is 0 Å². The molecule has 0 fully saturated rings. The third kappa shape index (κ3) is 3.13. The van der Waals surface area contributed by atoms with Gasteiger partial charge in [-0.05, 0) is 25.5 Å². The zero-order valence-electron chi connectivity index (χ0n) is 11.5. The van der Waals surface area contributed by atoms with E-state index in [4.69, 9.17) is 9.84 Å². The van der Waals surface area contributed by atoms with Gasteiger partial charge in [-0.1, -0.05) is 12.1 Å². The smallest absolute Gasteiger partial charge is 0.303 e. The Morgan fingerprint density at radius 3 is 2.81 bits per heavy atom. The second kappa shape index (κ2) is 5.82. The minimum absolute atomic E-state index is 0.0487. The van der Waals surface area contributed by atoms with E-state index in [-0.39, 0.29) is 19.4 Å². The SMILES string of the molecule is CC1(C(=O)NCCCC(=O)O)Oc2ccccc2NC1=O. The molecule has 0 saturated carbocycles. The number of nitrogens with one attached hydrogen (secondary N) is 2. The lowest BCUT2D eigenvalue weighted by Gasteiger charge is -2.33. The van der Waals surface area contributed by atoms with Crippen molar-refractivity contribution in [3.8, 4) is 5.75 Å². The lowest BCUT2D eigenvalue weighted by Crippen LogP contribution is -2.58. The third-order valence-corrected chi connectivity index (χ3v) is 3.17. The predicted octanol–water partition coefficient (Wildman–Crippen LogP) is 0.757. The summed E-state index contributed by atoms with van der Waals surface area (Å²) < 4.78 is 5.53.